The summed E-state index contributed by atoms with van der Waals surface area (Å²) in [5.41, 5.74) is 3.24. The first-order valence-electron chi connectivity index (χ1n) is 4.17. The Balaban J connectivity index is 2.53. The topological polar surface area (TPSA) is 30.7 Å². The van der Waals surface area contributed by atoms with Crippen LogP contribution in [0.4, 0.5) is 0 Å². The van der Waals surface area contributed by atoms with Crippen LogP contribution in [0.3, 0.4) is 0 Å². The lowest BCUT2D eigenvalue weighted by molar-refractivity contribution is 0.874. The molecule has 3 nitrogen and oxygen atoms in total. The Bertz CT molecular complexity index is 403. The smallest absolute Gasteiger partial charge is 0.0953 e. The predicted octanol–water partition coefficient (Wildman–Crippen LogP) is 1.79. The number of pyridine rings is 1. The molecule has 0 radical (unpaired) electrons. The molecule has 0 atom stereocenters. The van der Waals surface area contributed by atoms with Crippen LogP contribution in [-0.2, 0) is 7.05 Å². The number of aryl methyl sites for hydroxylation is 1. The third kappa shape index (κ3) is 1.33. The highest BCUT2D eigenvalue weighted by Crippen LogP contribution is 2.18. The number of hydrogen-bond acceptors (Lipinski definition) is 2. The molecule has 2 aromatic rings. The summed E-state index contributed by atoms with van der Waals surface area (Å²) in [5, 5.41) is 0. The first kappa shape index (κ1) is 7.98. The van der Waals surface area contributed by atoms with Crippen molar-refractivity contribution in [2.75, 3.05) is 0 Å². The van der Waals surface area contributed by atoms with Gasteiger partial charge in [0.1, 0.15) is 0 Å². The molecule has 0 bridgehead atoms. The predicted molar refractivity (Wildman–Crippen MR) is 51.2 cm³/mol. The third-order valence-electron chi connectivity index (χ3n) is 2.17. The van der Waals surface area contributed by atoms with Gasteiger partial charge in [-0.25, -0.2) is 4.98 Å². The fourth-order valence-corrected chi connectivity index (χ4v) is 1.28. The minimum atomic E-state index is 1.01. The van der Waals surface area contributed by atoms with Crippen LogP contribution < -0.4 is 0 Å². The van der Waals surface area contributed by atoms with Crippen LogP contribution in [0.25, 0.3) is 11.3 Å². The molecular formula is C10H11N3. The zero-order valence-electron chi connectivity index (χ0n) is 7.73. The monoisotopic (exact) mass is 173 g/mol. The number of nitrogens with zero attached hydrogens (tertiary/aromatic N) is 3. The highest BCUT2D eigenvalue weighted by atomic mass is 15.0. The van der Waals surface area contributed by atoms with Crippen molar-refractivity contribution < 1.29 is 0 Å². The van der Waals surface area contributed by atoms with Crippen molar-refractivity contribution in [3.05, 3.63) is 36.5 Å². The van der Waals surface area contributed by atoms with Crippen molar-refractivity contribution in [3.8, 4) is 11.3 Å². The Kier molecular flexibility index (Phi) is 1.85. The first-order chi connectivity index (χ1) is 6.29. The van der Waals surface area contributed by atoms with Crippen molar-refractivity contribution in [2.45, 2.75) is 6.92 Å². The van der Waals surface area contributed by atoms with E-state index >= 15 is 0 Å². The van der Waals surface area contributed by atoms with Gasteiger partial charge in [-0.2, -0.15) is 0 Å². The van der Waals surface area contributed by atoms with E-state index < -0.39 is 0 Å². The second-order valence-corrected chi connectivity index (χ2v) is 3.03. The summed E-state index contributed by atoms with van der Waals surface area (Å²) in [6.45, 7) is 2.05. The molecule has 0 aromatic carbocycles. The third-order valence-corrected chi connectivity index (χ3v) is 2.17. The maximum atomic E-state index is 4.31. The van der Waals surface area contributed by atoms with Gasteiger partial charge in [0, 0.05) is 30.7 Å². The number of hydrogen-bond donors (Lipinski definition) is 0. The van der Waals surface area contributed by atoms with Crippen LogP contribution in [-0.4, -0.2) is 14.5 Å². The molecule has 2 rings (SSSR count). The largest absolute Gasteiger partial charge is 0.337 e. The van der Waals surface area contributed by atoms with Gasteiger partial charge in [0.2, 0.25) is 0 Å². The van der Waals surface area contributed by atoms with Crippen molar-refractivity contribution in [1.29, 1.82) is 0 Å². The van der Waals surface area contributed by atoms with Crippen LogP contribution in [0.2, 0.25) is 0 Å². The molecule has 0 saturated carbocycles. The van der Waals surface area contributed by atoms with Gasteiger partial charge in [0.05, 0.1) is 12.0 Å². The minimum Gasteiger partial charge on any atom is -0.337 e. The highest BCUT2D eigenvalue weighted by molar-refractivity contribution is 5.60. The molecule has 0 aliphatic heterocycles. The minimum absolute atomic E-state index is 1.01. The molecule has 13 heavy (non-hydrogen) atoms. The molecule has 0 aliphatic carbocycles. The van der Waals surface area contributed by atoms with E-state index in [1.165, 1.54) is 0 Å². The Morgan fingerprint density at radius 3 is 2.77 bits per heavy atom. The lowest BCUT2D eigenvalue weighted by Gasteiger charge is -1.98. The van der Waals surface area contributed by atoms with E-state index in [9.17, 15) is 0 Å². The van der Waals surface area contributed by atoms with E-state index in [2.05, 4.69) is 16.9 Å². The molecule has 0 unspecified atom stereocenters. The van der Waals surface area contributed by atoms with Gasteiger partial charge in [-0.1, -0.05) is 0 Å². The first-order valence-corrected chi connectivity index (χ1v) is 4.17. The zero-order chi connectivity index (χ0) is 9.26. The van der Waals surface area contributed by atoms with E-state index in [4.69, 9.17) is 0 Å². The molecule has 2 heterocycles. The highest BCUT2D eigenvalue weighted by Gasteiger charge is 2.05. The summed E-state index contributed by atoms with van der Waals surface area (Å²) in [6.07, 6.45) is 5.41. The molecule has 0 amide bonds. The van der Waals surface area contributed by atoms with Gasteiger partial charge in [-0.3, -0.25) is 4.98 Å². The van der Waals surface area contributed by atoms with E-state index in [1.54, 1.807) is 6.20 Å². The van der Waals surface area contributed by atoms with Crippen LogP contribution in [0.15, 0.2) is 30.9 Å². The van der Waals surface area contributed by atoms with E-state index in [0.29, 0.717) is 0 Å². The summed E-state index contributed by atoms with van der Waals surface area (Å²) in [7, 11) is 1.99. The zero-order valence-corrected chi connectivity index (χ0v) is 7.73. The second-order valence-electron chi connectivity index (χ2n) is 3.03. The normalized spacial score (nSPS) is 10.3. The Morgan fingerprint density at radius 2 is 2.23 bits per heavy atom. The van der Waals surface area contributed by atoms with Gasteiger partial charge < -0.3 is 4.57 Å². The van der Waals surface area contributed by atoms with E-state index in [1.807, 2.05) is 36.3 Å². The molecule has 66 valence electrons. The number of rotatable bonds is 1. The summed E-state index contributed by atoms with van der Waals surface area (Å²) in [6, 6.07) is 3.94. The number of imidazole rings is 1. The fraction of sp³-hybridized carbons (Fsp3) is 0.200. The van der Waals surface area contributed by atoms with Gasteiger partial charge >= 0.3 is 0 Å². The molecule has 2 aromatic heterocycles. The molecule has 0 N–H and O–H groups in total. The van der Waals surface area contributed by atoms with Crippen molar-refractivity contribution >= 4 is 0 Å². The van der Waals surface area contributed by atoms with Crippen molar-refractivity contribution in [3.63, 3.8) is 0 Å². The van der Waals surface area contributed by atoms with Crippen molar-refractivity contribution in [2.24, 2.45) is 7.05 Å². The average Bonchev–Trinajstić information content (AvgIpc) is 2.49. The maximum absolute atomic E-state index is 4.31. The van der Waals surface area contributed by atoms with Crippen molar-refractivity contribution in [1.82, 2.24) is 14.5 Å². The Morgan fingerprint density at radius 1 is 1.38 bits per heavy atom. The lowest BCUT2D eigenvalue weighted by atomic mass is 10.2. The lowest BCUT2D eigenvalue weighted by Crippen LogP contribution is -1.89. The van der Waals surface area contributed by atoms with E-state index in [-0.39, 0.29) is 0 Å². The van der Waals surface area contributed by atoms with Gasteiger partial charge in [0.15, 0.2) is 0 Å². The molecule has 0 saturated heterocycles. The van der Waals surface area contributed by atoms with Crippen LogP contribution in [0.5, 0.6) is 0 Å². The Labute approximate surface area is 77.1 Å². The van der Waals surface area contributed by atoms with Gasteiger partial charge in [-0.15, -0.1) is 0 Å². The maximum Gasteiger partial charge on any atom is 0.0953 e. The van der Waals surface area contributed by atoms with Crippen LogP contribution >= 0.6 is 0 Å². The summed E-state index contributed by atoms with van der Waals surface area (Å²) < 4.78 is 2.00. The Hall–Kier alpha value is -1.64. The van der Waals surface area contributed by atoms with Gasteiger partial charge in [-0.05, 0) is 19.1 Å². The SMILES string of the molecule is Cc1c(-c2cccnc2)ncn1C. The number of aromatic nitrogens is 3. The fourth-order valence-electron chi connectivity index (χ4n) is 1.28. The quantitative estimate of drug-likeness (QED) is 0.658. The average molecular weight is 173 g/mol. The molecular weight excluding hydrogens is 162 g/mol. The molecule has 0 fully saturated rings. The molecule has 0 aliphatic rings. The molecule has 3 heteroatoms. The standard InChI is InChI=1S/C10H11N3/c1-8-10(12-7-13(8)2)9-4-3-5-11-6-9/h3-7H,1-2H3. The second kappa shape index (κ2) is 3.01. The summed E-state index contributed by atoms with van der Waals surface area (Å²) >= 11 is 0. The molecule has 0 spiro atoms. The summed E-state index contributed by atoms with van der Waals surface area (Å²) in [4.78, 5) is 8.37. The summed E-state index contributed by atoms with van der Waals surface area (Å²) in [5.74, 6) is 0. The van der Waals surface area contributed by atoms with E-state index in [0.717, 1.165) is 17.0 Å². The van der Waals surface area contributed by atoms with Crippen LogP contribution in [0, 0.1) is 6.92 Å². The van der Waals surface area contributed by atoms with Crippen LogP contribution in [0.1, 0.15) is 5.69 Å². The van der Waals surface area contributed by atoms with Gasteiger partial charge in [0.25, 0.3) is 0 Å².